The summed E-state index contributed by atoms with van der Waals surface area (Å²) in [7, 11) is 0. The maximum atomic E-state index is 8.77. The molecule has 0 aliphatic carbocycles. The molecule has 2 rings (SSSR count). The Labute approximate surface area is 91.6 Å². The Bertz CT molecular complexity index is 230. The van der Waals surface area contributed by atoms with Gasteiger partial charge in [0.05, 0.1) is 0 Å². The van der Waals surface area contributed by atoms with E-state index in [0.29, 0.717) is 6.61 Å². The molecule has 0 unspecified atom stereocenters. The first-order chi connectivity index (χ1) is 7.42. The Morgan fingerprint density at radius 2 is 2.00 bits per heavy atom. The Morgan fingerprint density at radius 3 is 2.87 bits per heavy atom. The van der Waals surface area contributed by atoms with Crippen molar-refractivity contribution in [1.29, 1.82) is 0 Å². The molecule has 1 saturated heterocycles. The number of guanidine groups is 1. The van der Waals surface area contributed by atoms with Crippen LogP contribution in [0.3, 0.4) is 0 Å². The smallest absolute Gasteiger partial charge is 0.196 e. The second kappa shape index (κ2) is 5.35. The summed E-state index contributed by atoms with van der Waals surface area (Å²) < 4.78 is 0. The minimum Gasteiger partial charge on any atom is -0.396 e. The fourth-order valence-electron chi connectivity index (χ4n) is 2.33. The fourth-order valence-corrected chi connectivity index (χ4v) is 2.33. The summed E-state index contributed by atoms with van der Waals surface area (Å²) in [5.41, 5.74) is 0. The van der Waals surface area contributed by atoms with Gasteiger partial charge >= 0.3 is 0 Å². The highest BCUT2D eigenvalue weighted by molar-refractivity contribution is 5.81. The summed E-state index contributed by atoms with van der Waals surface area (Å²) in [6.07, 6.45) is 4.43. The predicted octanol–water partition coefficient (Wildman–Crippen LogP) is 0.526. The largest absolute Gasteiger partial charge is 0.396 e. The van der Waals surface area contributed by atoms with Gasteiger partial charge in [0, 0.05) is 39.3 Å². The van der Waals surface area contributed by atoms with E-state index in [4.69, 9.17) is 5.11 Å². The molecule has 0 atom stereocenters. The second-order valence-electron chi connectivity index (χ2n) is 4.29. The molecule has 0 spiro atoms. The van der Waals surface area contributed by atoms with Crippen molar-refractivity contribution in [1.82, 2.24) is 9.80 Å². The zero-order chi connectivity index (χ0) is 10.5. The third kappa shape index (κ3) is 2.62. The summed E-state index contributed by atoms with van der Waals surface area (Å²) in [5, 5.41) is 8.77. The lowest BCUT2D eigenvalue weighted by Crippen LogP contribution is -2.52. The maximum absolute atomic E-state index is 8.77. The normalized spacial score (nSPS) is 21.3. The number of hydrogen-bond acceptors (Lipinski definition) is 4. The third-order valence-electron chi connectivity index (χ3n) is 3.10. The molecule has 1 fully saturated rings. The number of nitrogens with zero attached hydrogens (tertiary/aromatic N) is 3. The number of aliphatic imine (C=N–C) groups is 1. The zero-order valence-electron chi connectivity index (χ0n) is 9.36. The van der Waals surface area contributed by atoms with E-state index in [1.807, 2.05) is 0 Å². The molecular formula is C11H21N3O. The molecule has 0 aromatic carbocycles. The molecule has 15 heavy (non-hydrogen) atoms. The number of rotatable bonds is 4. The highest BCUT2D eigenvalue weighted by Crippen LogP contribution is 2.14. The summed E-state index contributed by atoms with van der Waals surface area (Å²) >= 11 is 0. The van der Waals surface area contributed by atoms with Crippen molar-refractivity contribution in [2.24, 2.45) is 4.99 Å². The summed E-state index contributed by atoms with van der Waals surface area (Å²) in [6, 6.07) is 0. The van der Waals surface area contributed by atoms with Crippen molar-refractivity contribution in [2.45, 2.75) is 25.7 Å². The van der Waals surface area contributed by atoms with Gasteiger partial charge in [-0.15, -0.1) is 0 Å². The lowest BCUT2D eigenvalue weighted by Gasteiger charge is -2.41. The van der Waals surface area contributed by atoms with Crippen LogP contribution in [0, 0.1) is 0 Å². The number of aliphatic hydroxyl groups excluding tert-OH is 1. The molecule has 0 aromatic rings. The average Bonchev–Trinajstić information content (AvgIpc) is 2.30. The highest BCUT2D eigenvalue weighted by Gasteiger charge is 2.24. The quantitative estimate of drug-likeness (QED) is 0.689. The number of unbranched alkanes of at least 4 members (excludes halogenated alkanes) is 1. The van der Waals surface area contributed by atoms with Crippen molar-refractivity contribution < 1.29 is 5.11 Å². The zero-order valence-corrected chi connectivity index (χ0v) is 9.36. The predicted molar refractivity (Wildman–Crippen MR) is 61.0 cm³/mol. The molecule has 4 heteroatoms. The van der Waals surface area contributed by atoms with E-state index in [1.54, 1.807) is 0 Å². The van der Waals surface area contributed by atoms with E-state index < -0.39 is 0 Å². The fraction of sp³-hybridized carbons (Fsp3) is 0.909. The monoisotopic (exact) mass is 211 g/mol. The lowest BCUT2D eigenvalue weighted by atomic mass is 10.2. The van der Waals surface area contributed by atoms with Crippen LogP contribution in [0.2, 0.25) is 0 Å². The van der Waals surface area contributed by atoms with E-state index in [1.165, 1.54) is 31.9 Å². The lowest BCUT2D eigenvalue weighted by molar-refractivity contribution is 0.230. The number of hydrogen-bond donors (Lipinski definition) is 1. The molecule has 86 valence electrons. The number of fused-ring (bicyclic) bond motifs is 1. The van der Waals surface area contributed by atoms with Crippen LogP contribution >= 0.6 is 0 Å². The Hall–Kier alpha value is -0.770. The first kappa shape index (κ1) is 10.7. The SMILES string of the molecule is OCCCCN1CCCN2CCCN=C12. The van der Waals surface area contributed by atoms with Crippen molar-refractivity contribution in [3.8, 4) is 0 Å². The molecule has 4 nitrogen and oxygen atoms in total. The summed E-state index contributed by atoms with van der Waals surface area (Å²) in [5.74, 6) is 1.21. The van der Waals surface area contributed by atoms with Crippen LogP contribution in [0.1, 0.15) is 25.7 Å². The minimum absolute atomic E-state index is 0.310. The maximum Gasteiger partial charge on any atom is 0.196 e. The van der Waals surface area contributed by atoms with Crippen molar-refractivity contribution in [3.05, 3.63) is 0 Å². The van der Waals surface area contributed by atoms with Crippen LogP contribution in [0.15, 0.2) is 4.99 Å². The molecule has 0 saturated carbocycles. The average molecular weight is 211 g/mol. The Kier molecular flexibility index (Phi) is 3.83. The second-order valence-corrected chi connectivity index (χ2v) is 4.29. The van der Waals surface area contributed by atoms with Gasteiger partial charge in [-0.1, -0.05) is 0 Å². The molecule has 0 radical (unpaired) electrons. The van der Waals surface area contributed by atoms with Gasteiger partial charge in [-0.25, -0.2) is 0 Å². The van der Waals surface area contributed by atoms with Crippen LogP contribution in [-0.4, -0.2) is 60.2 Å². The van der Waals surface area contributed by atoms with Crippen molar-refractivity contribution in [3.63, 3.8) is 0 Å². The molecule has 2 aliphatic heterocycles. The van der Waals surface area contributed by atoms with Crippen molar-refractivity contribution >= 4 is 5.96 Å². The third-order valence-corrected chi connectivity index (χ3v) is 3.10. The molecule has 2 heterocycles. The van der Waals surface area contributed by atoms with Gasteiger partial charge in [0.25, 0.3) is 0 Å². The molecular weight excluding hydrogens is 190 g/mol. The van der Waals surface area contributed by atoms with Gasteiger partial charge in [0.1, 0.15) is 0 Å². The Morgan fingerprint density at radius 1 is 1.13 bits per heavy atom. The molecule has 0 aromatic heterocycles. The van der Waals surface area contributed by atoms with Gasteiger partial charge in [0.15, 0.2) is 5.96 Å². The van der Waals surface area contributed by atoms with E-state index in [-0.39, 0.29) is 0 Å². The van der Waals surface area contributed by atoms with Crippen LogP contribution < -0.4 is 0 Å². The van der Waals surface area contributed by atoms with E-state index in [2.05, 4.69) is 14.8 Å². The van der Waals surface area contributed by atoms with Crippen LogP contribution in [0.25, 0.3) is 0 Å². The van der Waals surface area contributed by atoms with Crippen molar-refractivity contribution in [2.75, 3.05) is 39.3 Å². The molecule has 0 bridgehead atoms. The van der Waals surface area contributed by atoms with Crippen LogP contribution in [-0.2, 0) is 0 Å². The standard InChI is InChI=1S/C11H21N3O/c15-10-2-1-6-13-8-4-9-14-7-3-5-12-11(13)14/h15H,1-10H2. The van der Waals surface area contributed by atoms with Gasteiger partial charge in [-0.05, 0) is 25.7 Å². The van der Waals surface area contributed by atoms with E-state index in [0.717, 1.165) is 32.5 Å². The van der Waals surface area contributed by atoms with Gasteiger partial charge in [-0.2, -0.15) is 0 Å². The first-order valence-corrected chi connectivity index (χ1v) is 6.07. The number of aliphatic hydroxyl groups is 1. The topological polar surface area (TPSA) is 39.1 Å². The van der Waals surface area contributed by atoms with Gasteiger partial charge < -0.3 is 14.9 Å². The minimum atomic E-state index is 0.310. The van der Waals surface area contributed by atoms with E-state index >= 15 is 0 Å². The summed E-state index contributed by atoms with van der Waals surface area (Å²) in [6.45, 7) is 5.84. The Balaban J connectivity index is 1.89. The molecule has 2 aliphatic rings. The summed E-state index contributed by atoms with van der Waals surface area (Å²) in [4.78, 5) is 9.41. The highest BCUT2D eigenvalue weighted by atomic mass is 16.2. The van der Waals surface area contributed by atoms with Crippen LogP contribution in [0.5, 0.6) is 0 Å². The molecule has 0 amide bonds. The van der Waals surface area contributed by atoms with Crippen LogP contribution in [0.4, 0.5) is 0 Å². The van der Waals surface area contributed by atoms with Gasteiger partial charge in [0.2, 0.25) is 0 Å². The first-order valence-electron chi connectivity index (χ1n) is 6.07. The van der Waals surface area contributed by atoms with E-state index in [9.17, 15) is 0 Å². The van der Waals surface area contributed by atoms with Gasteiger partial charge in [-0.3, -0.25) is 4.99 Å². The molecule has 1 N–H and O–H groups in total.